The summed E-state index contributed by atoms with van der Waals surface area (Å²) >= 11 is 0. The summed E-state index contributed by atoms with van der Waals surface area (Å²) in [6.07, 6.45) is 1.22. The number of sulfonamides is 1. The number of nitrogens with one attached hydrogen (secondary N) is 1. The standard InChI is InChI=1S/C17H18FNO4S/c1-22-13-5-8-16(23-2)17(10-13)24(20,21)19-15-7-3-11-9-12(18)4-6-14(11)15/h4-6,8-10,15,19H,3,7H2,1-2H3. The van der Waals surface area contributed by atoms with Gasteiger partial charge in [0.25, 0.3) is 0 Å². The van der Waals surface area contributed by atoms with Crippen molar-refractivity contribution in [3.63, 3.8) is 0 Å². The van der Waals surface area contributed by atoms with Gasteiger partial charge in [-0.1, -0.05) is 6.07 Å². The van der Waals surface area contributed by atoms with E-state index in [4.69, 9.17) is 9.47 Å². The lowest BCUT2D eigenvalue weighted by Crippen LogP contribution is -2.27. The molecule has 1 aliphatic carbocycles. The Morgan fingerprint density at radius 1 is 1.12 bits per heavy atom. The minimum Gasteiger partial charge on any atom is -0.497 e. The molecule has 5 nitrogen and oxygen atoms in total. The van der Waals surface area contributed by atoms with Crippen molar-refractivity contribution in [3.8, 4) is 11.5 Å². The van der Waals surface area contributed by atoms with E-state index in [0.29, 0.717) is 18.6 Å². The normalized spacial score (nSPS) is 16.7. The van der Waals surface area contributed by atoms with Gasteiger partial charge in [-0.25, -0.2) is 17.5 Å². The average Bonchev–Trinajstić information content (AvgIpc) is 2.95. The summed E-state index contributed by atoms with van der Waals surface area (Å²) in [5, 5.41) is 0. The highest BCUT2D eigenvalue weighted by atomic mass is 32.2. The second-order valence-electron chi connectivity index (χ2n) is 5.57. The van der Waals surface area contributed by atoms with Crippen molar-refractivity contribution in [3.05, 3.63) is 53.3 Å². The van der Waals surface area contributed by atoms with Crippen molar-refractivity contribution < 1.29 is 22.3 Å². The summed E-state index contributed by atoms with van der Waals surface area (Å²) in [5.41, 5.74) is 1.64. The van der Waals surface area contributed by atoms with Crippen molar-refractivity contribution in [1.29, 1.82) is 0 Å². The summed E-state index contributed by atoms with van der Waals surface area (Å²) in [6.45, 7) is 0. The molecule has 0 fully saturated rings. The minimum absolute atomic E-state index is 0.0138. The third-order valence-corrected chi connectivity index (χ3v) is 5.63. The monoisotopic (exact) mass is 351 g/mol. The van der Waals surface area contributed by atoms with E-state index in [0.717, 1.165) is 11.1 Å². The van der Waals surface area contributed by atoms with Crippen molar-refractivity contribution in [2.24, 2.45) is 0 Å². The number of ether oxygens (including phenoxy) is 2. The lowest BCUT2D eigenvalue weighted by atomic mass is 10.1. The second-order valence-corrected chi connectivity index (χ2v) is 7.25. The fourth-order valence-corrected chi connectivity index (χ4v) is 4.39. The van der Waals surface area contributed by atoms with Crippen LogP contribution in [0, 0.1) is 5.82 Å². The minimum atomic E-state index is -3.82. The maximum absolute atomic E-state index is 13.3. The number of hydrogen-bond donors (Lipinski definition) is 1. The summed E-state index contributed by atoms with van der Waals surface area (Å²) in [7, 11) is -0.944. The topological polar surface area (TPSA) is 64.6 Å². The largest absolute Gasteiger partial charge is 0.497 e. The highest BCUT2D eigenvalue weighted by molar-refractivity contribution is 7.89. The van der Waals surface area contributed by atoms with E-state index in [9.17, 15) is 12.8 Å². The number of halogens is 1. The molecule has 2 aromatic carbocycles. The van der Waals surface area contributed by atoms with Gasteiger partial charge < -0.3 is 9.47 Å². The van der Waals surface area contributed by atoms with E-state index in [1.165, 1.54) is 32.4 Å². The number of fused-ring (bicyclic) bond motifs is 1. The maximum Gasteiger partial charge on any atom is 0.244 e. The van der Waals surface area contributed by atoms with Crippen LogP contribution >= 0.6 is 0 Å². The number of rotatable bonds is 5. The number of hydrogen-bond acceptors (Lipinski definition) is 4. The van der Waals surface area contributed by atoms with Crippen LogP contribution in [0.15, 0.2) is 41.3 Å². The first-order chi connectivity index (χ1) is 11.4. The van der Waals surface area contributed by atoms with Crippen molar-refractivity contribution >= 4 is 10.0 Å². The van der Waals surface area contributed by atoms with E-state index < -0.39 is 10.0 Å². The zero-order valence-corrected chi connectivity index (χ0v) is 14.2. The van der Waals surface area contributed by atoms with Gasteiger partial charge in [-0.2, -0.15) is 0 Å². The molecule has 0 spiro atoms. The summed E-state index contributed by atoms with van der Waals surface area (Å²) in [4.78, 5) is 0.0138. The molecule has 2 aromatic rings. The second kappa shape index (κ2) is 6.41. The highest BCUT2D eigenvalue weighted by Crippen LogP contribution is 2.34. The van der Waals surface area contributed by atoms with Crippen molar-refractivity contribution in [1.82, 2.24) is 4.72 Å². The Bertz CT molecular complexity index is 867. The predicted octanol–water partition coefficient (Wildman–Crippen LogP) is 2.81. The Kier molecular flexibility index (Phi) is 4.47. The molecule has 7 heteroatoms. The Morgan fingerprint density at radius 2 is 1.92 bits per heavy atom. The lowest BCUT2D eigenvalue weighted by molar-refractivity contribution is 0.391. The number of benzene rings is 2. The van der Waals surface area contributed by atoms with Gasteiger partial charge in [0, 0.05) is 12.1 Å². The molecule has 0 radical (unpaired) electrons. The van der Waals surface area contributed by atoms with Crippen LogP contribution in [0.1, 0.15) is 23.6 Å². The molecule has 0 aliphatic heterocycles. The molecular weight excluding hydrogens is 333 g/mol. The number of methoxy groups -OCH3 is 2. The van der Waals surface area contributed by atoms with Gasteiger partial charge in [0.1, 0.15) is 22.2 Å². The third kappa shape index (κ3) is 3.09. The Labute approximate surface area is 140 Å². The van der Waals surface area contributed by atoms with Crippen molar-refractivity contribution in [2.75, 3.05) is 14.2 Å². The number of aryl methyl sites for hydroxylation is 1. The molecule has 128 valence electrons. The van der Waals surface area contributed by atoms with Crippen LogP contribution in [-0.4, -0.2) is 22.6 Å². The predicted molar refractivity (Wildman–Crippen MR) is 87.3 cm³/mol. The van der Waals surface area contributed by atoms with E-state index >= 15 is 0 Å². The van der Waals surface area contributed by atoms with Gasteiger partial charge in [-0.05, 0) is 48.2 Å². The fourth-order valence-electron chi connectivity index (χ4n) is 2.95. The maximum atomic E-state index is 13.3. The van der Waals surface area contributed by atoms with Crippen LogP contribution < -0.4 is 14.2 Å². The summed E-state index contributed by atoms with van der Waals surface area (Å²) < 4.78 is 51.8. The van der Waals surface area contributed by atoms with E-state index in [-0.39, 0.29) is 22.5 Å². The molecule has 1 N–H and O–H groups in total. The van der Waals surface area contributed by atoms with Crippen LogP contribution in [0.2, 0.25) is 0 Å². The Hall–Kier alpha value is -2.12. The third-order valence-electron chi connectivity index (χ3n) is 4.14. The molecule has 1 aliphatic rings. The molecule has 0 bridgehead atoms. The van der Waals surface area contributed by atoms with E-state index in [2.05, 4.69) is 4.72 Å². The molecule has 0 saturated carbocycles. The highest BCUT2D eigenvalue weighted by Gasteiger charge is 2.29. The fraction of sp³-hybridized carbons (Fsp3) is 0.294. The van der Waals surface area contributed by atoms with Gasteiger partial charge in [-0.3, -0.25) is 0 Å². The zero-order valence-electron chi connectivity index (χ0n) is 13.4. The molecule has 0 aromatic heterocycles. The molecule has 0 amide bonds. The molecule has 1 atom stereocenters. The van der Waals surface area contributed by atoms with Crippen LogP contribution in [0.3, 0.4) is 0 Å². The first kappa shape index (κ1) is 16.7. The first-order valence-corrected chi connectivity index (χ1v) is 8.95. The molecule has 0 heterocycles. The van der Waals surface area contributed by atoms with Crippen molar-refractivity contribution in [2.45, 2.75) is 23.8 Å². The van der Waals surface area contributed by atoms with Gasteiger partial charge in [-0.15, -0.1) is 0 Å². The van der Waals surface area contributed by atoms with Gasteiger partial charge >= 0.3 is 0 Å². The first-order valence-electron chi connectivity index (χ1n) is 7.47. The van der Waals surface area contributed by atoms with Crippen LogP contribution in [0.4, 0.5) is 4.39 Å². The van der Waals surface area contributed by atoms with Crippen LogP contribution in [0.5, 0.6) is 11.5 Å². The summed E-state index contributed by atoms with van der Waals surface area (Å²) in [6, 6.07) is 8.64. The van der Waals surface area contributed by atoms with Gasteiger partial charge in [0.05, 0.1) is 14.2 Å². The molecule has 3 rings (SSSR count). The smallest absolute Gasteiger partial charge is 0.244 e. The van der Waals surface area contributed by atoms with E-state index in [1.54, 1.807) is 18.2 Å². The quantitative estimate of drug-likeness (QED) is 0.900. The average molecular weight is 351 g/mol. The molecular formula is C17H18FNO4S. The SMILES string of the molecule is COc1ccc(OC)c(S(=O)(=O)NC2CCc3cc(F)ccc32)c1. The lowest BCUT2D eigenvalue weighted by Gasteiger charge is -2.17. The summed E-state index contributed by atoms with van der Waals surface area (Å²) in [5.74, 6) is 0.345. The van der Waals surface area contributed by atoms with Crippen LogP contribution in [-0.2, 0) is 16.4 Å². The van der Waals surface area contributed by atoms with Crippen LogP contribution in [0.25, 0.3) is 0 Å². The Morgan fingerprint density at radius 3 is 2.62 bits per heavy atom. The zero-order chi connectivity index (χ0) is 17.3. The molecule has 24 heavy (non-hydrogen) atoms. The van der Waals surface area contributed by atoms with Gasteiger partial charge in [0.15, 0.2) is 0 Å². The Balaban J connectivity index is 1.94. The van der Waals surface area contributed by atoms with Gasteiger partial charge in [0.2, 0.25) is 10.0 Å². The molecule has 0 saturated heterocycles. The van der Waals surface area contributed by atoms with E-state index in [1.807, 2.05) is 0 Å². The molecule has 1 unspecified atom stereocenters.